The summed E-state index contributed by atoms with van der Waals surface area (Å²) >= 11 is 0. The number of hydrogen-bond acceptors (Lipinski definition) is 7. The van der Waals surface area contributed by atoms with E-state index in [9.17, 15) is 4.79 Å². The molecule has 0 spiro atoms. The van der Waals surface area contributed by atoms with Crippen molar-refractivity contribution in [2.24, 2.45) is 0 Å². The molecule has 0 unspecified atom stereocenters. The van der Waals surface area contributed by atoms with Crippen LogP contribution in [0.2, 0.25) is 0 Å². The van der Waals surface area contributed by atoms with E-state index in [1.54, 1.807) is 16.9 Å². The summed E-state index contributed by atoms with van der Waals surface area (Å²) in [5, 5.41) is 13.5. The Kier molecular flexibility index (Phi) is 4.98. The summed E-state index contributed by atoms with van der Waals surface area (Å²) < 4.78 is 13.0. The fraction of sp³-hybridized carbons (Fsp3) is 0.304. The molecule has 1 atom stereocenters. The molecule has 8 heteroatoms. The normalized spacial score (nSPS) is 18.5. The SMILES string of the molecule is Cc1c([C@@H]2CN(Cc3cnn(-c4cncc(C#N)c4)c3)CCO2)ccc2c1COC2=O. The van der Waals surface area contributed by atoms with Crippen molar-refractivity contribution in [2.45, 2.75) is 26.2 Å². The van der Waals surface area contributed by atoms with Crippen LogP contribution in [0.1, 0.15) is 44.3 Å². The van der Waals surface area contributed by atoms with Crippen LogP contribution in [0, 0.1) is 18.3 Å². The van der Waals surface area contributed by atoms with Crippen molar-refractivity contribution >= 4 is 5.97 Å². The predicted molar refractivity (Wildman–Crippen MR) is 110 cm³/mol. The summed E-state index contributed by atoms with van der Waals surface area (Å²) in [5.74, 6) is -0.247. The van der Waals surface area contributed by atoms with Crippen molar-refractivity contribution in [3.63, 3.8) is 0 Å². The first-order valence-corrected chi connectivity index (χ1v) is 10.1. The van der Waals surface area contributed by atoms with Crippen molar-refractivity contribution in [1.82, 2.24) is 19.7 Å². The number of hydrogen-bond donors (Lipinski definition) is 0. The Labute approximate surface area is 179 Å². The molecule has 2 aromatic heterocycles. The maximum Gasteiger partial charge on any atom is 0.338 e. The number of carbonyl (C=O) groups is 1. The van der Waals surface area contributed by atoms with E-state index < -0.39 is 0 Å². The molecule has 8 nitrogen and oxygen atoms in total. The lowest BCUT2D eigenvalue weighted by atomic mass is 9.94. The van der Waals surface area contributed by atoms with Gasteiger partial charge in [-0.15, -0.1) is 0 Å². The van der Waals surface area contributed by atoms with Crippen LogP contribution in [0.15, 0.2) is 43.0 Å². The van der Waals surface area contributed by atoms with Crippen LogP contribution in [0.25, 0.3) is 5.69 Å². The van der Waals surface area contributed by atoms with E-state index >= 15 is 0 Å². The number of cyclic esters (lactones) is 1. The second kappa shape index (κ2) is 7.95. The molecule has 5 rings (SSSR count). The highest BCUT2D eigenvalue weighted by atomic mass is 16.5. The number of morpholine rings is 1. The van der Waals surface area contributed by atoms with Gasteiger partial charge in [0.2, 0.25) is 0 Å². The van der Waals surface area contributed by atoms with Crippen LogP contribution in [0.5, 0.6) is 0 Å². The van der Waals surface area contributed by atoms with Gasteiger partial charge in [0, 0.05) is 43.2 Å². The third-order valence-electron chi connectivity index (χ3n) is 5.87. The van der Waals surface area contributed by atoms with Crippen molar-refractivity contribution in [1.29, 1.82) is 5.26 Å². The van der Waals surface area contributed by atoms with Gasteiger partial charge >= 0.3 is 5.97 Å². The second-order valence-electron chi connectivity index (χ2n) is 7.81. The molecule has 31 heavy (non-hydrogen) atoms. The monoisotopic (exact) mass is 415 g/mol. The van der Waals surface area contributed by atoms with Gasteiger partial charge in [0.1, 0.15) is 12.7 Å². The fourth-order valence-corrected chi connectivity index (χ4v) is 4.21. The summed E-state index contributed by atoms with van der Waals surface area (Å²) in [7, 11) is 0. The molecule has 1 aromatic carbocycles. The number of esters is 1. The number of aromatic nitrogens is 3. The van der Waals surface area contributed by atoms with Gasteiger partial charge in [0.15, 0.2) is 0 Å². The zero-order valence-electron chi connectivity index (χ0n) is 17.1. The smallest absolute Gasteiger partial charge is 0.338 e. The number of carbonyl (C=O) groups excluding carboxylic acids is 1. The van der Waals surface area contributed by atoms with E-state index in [2.05, 4.69) is 21.1 Å². The van der Waals surface area contributed by atoms with E-state index in [0.29, 0.717) is 24.3 Å². The Morgan fingerprint density at radius 3 is 3.06 bits per heavy atom. The van der Waals surface area contributed by atoms with Crippen LogP contribution in [-0.4, -0.2) is 45.3 Å². The predicted octanol–water partition coefficient (Wildman–Crippen LogP) is 2.69. The Morgan fingerprint density at radius 2 is 2.19 bits per heavy atom. The zero-order valence-corrected chi connectivity index (χ0v) is 17.1. The molecule has 0 radical (unpaired) electrons. The first-order valence-electron chi connectivity index (χ1n) is 10.1. The fourth-order valence-electron chi connectivity index (χ4n) is 4.21. The van der Waals surface area contributed by atoms with E-state index in [-0.39, 0.29) is 12.1 Å². The van der Waals surface area contributed by atoms with E-state index in [4.69, 9.17) is 14.7 Å². The van der Waals surface area contributed by atoms with Crippen LogP contribution < -0.4 is 0 Å². The largest absolute Gasteiger partial charge is 0.457 e. The highest BCUT2D eigenvalue weighted by Crippen LogP contribution is 2.32. The number of nitrogens with zero attached hydrogens (tertiary/aromatic N) is 5. The molecule has 4 heterocycles. The van der Waals surface area contributed by atoms with Crippen molar-refractivity contribution in [2.75, 3.05) is 19.7 Å². The molecule has 2 aliphatic rings. The van der Waals surface area contributed by atoms with Gasteiger partial charge in [-0.25, -0.2) is 9.48 Å². The Bertz CT molecular complexity index is 1200. The van der Waals surface area contributed by atoms with Gasteiger partial charge in [-0.3, -0.25) is 9.88 Å². The molecule has 156 valence electrons. The Hall–Kier alpha value is -3.54. The number of rotatable bonds is 4. The molecule has 0 bridgehead atoms. The second-order valence-corrected chi connectivity index (χ2v) is 7.81. The van der Waals surface area contributed by atoms with Gasteiger partial charge in [-0.05, 0) is 30.2 Å². The number of nitriles is 1. The molecular weight excluding hydrogens is 394 g/mol. The lowest BCUT2D eigenvalue weighted by Crippen LogP contribution is -2.38. The molecule has 2 aliphatic heterocycles. The van der Waals surface area contributed by atoms with Gasteiger partial charge in [0.05, 0.1) is 41.9 Å². The average molecular weight is 415 g/mol. The molecule has 0 aliphatic carbocycles. The summed E-state index contributed by atoms with van der Waals surface area (Å²) in [6.07, 6.45) is 6.97. The van der Waals surface area contributed by atoms with Gasteiger partial charge < -0.3 is 9.47 Å². The molecule has 0 saturated carbocycles. The standard InChI is InChI=1S/C23H21N5O3/c1-15-19(2-3-20-21(15)14-31-23(20)29)22-13-27(4-5-30-22)11-17-9-26-28(12-17)18-6-16(7-24)8-25-10-18/h2-3,6,8-10,12,22H,4-5,11,13-14H2,1H3/t22-/m0/s1. The Morgan fingerprint density at radius 1 is 1.29 bits per heavy atom. The number of benzene rings is 1. The third-order valence-corrected chi connectivity index (χ3v) is 5.87. The minimum Gasteiger partial charge on any atom is -0.457 e. The highest BCUT2D eigenvalue weighted by molar-refractivity contribution is 5.93. The minimum atomic E-state index is -0.247. The summed E-state index contributed by atoms with van der Waals surface area (Å²) in [6, 6.07) is 7.70. The summed E-state index contributed by atoms with van der Waals surface area (Å²) in [4.78, 5) is 18.3. The lowest BCUT2D eigenvalue weighted by Gasteiger charge is -2.33. The summed E-state index contributed by atoms with van der Waals surface area (Å²) in [5.41, 5.74) is 6.16. The van der Waals surface area contributed by atoms with Crippen LogP contribution in [0.3, 0.4) is 0 Å². The molecule has 0 amide bonds. The van der Waals surface area contributed by atoms with E-state index in [0.717, 1.165) is 47.6 Å². The van der Waals surface area contributed by atoms with Crippen LogP contribution in [-0.2, 0) is 22.6 Å². The lowest BCUT2D eigenvalue weighted by molar-refractivity contribution is -0.0332. The van der Waals surface area contributed by atoms with Gasteiger partial charge in [-0.2, -0.15) is 10.4 Å². The van der Waals surface area contributed by atoms with Crippen LogP contribution in [0.4, 0.5) is 0 Å². The van der Waals surface area contributed by atoms with Gasteiger partial charge in [-0.1, -0.05) is 6.07 Å². The number of ether oxygens (including phenoxy) is 2. The summed E-state index contributed by atoms with van der Waals surface area (Å²) in [6.45, 7) is 5.34. The van der Waals surface area contributed by atoms with E-state index in [1.807, 2.05) is 31.5 Å². The van der Waals surface area contributed by atoms with E-state index in [1.165, 1.54) is 6.20 Å². The number of pyridine rings is 1. The first kappa shape index (κ1) is 19.4. The van der Waals surface area contributed by atoms with Crippen molar-refractivity contribution < 1.29 is 14.3 Å². The minimum absolute atomic E-state index is 0.0543. The van der Waals surface area contributed by atoms with Crippen molar-refractivity contribution in [3.05, 3.63) is 76.4 Å². The third kappa shape index (κ3) is 3.69. The Balaban J connectivity index is 1.30. The van der Waals surface area contributed by atoms with Crippen LogP contribution >= 0.6 is 0 Å². The molecule has 3 aromatic rings. The number of fused-ring (bicyclic) bond motifs is 1. The molecule has 0 N–H and O–H groups in total. The quantitative estimate of drug-likeness (QED) is 0.605. The first-order chi connectivity index (χ1) is 15.1. The molecule has 1 fully saturated rings. The molecular formula is C23H21N5O3. The zero-order chi connectivity index (χ0) is 21.4. The highest BCUT2D eigenvalue weighted by Gasteiger charge is 2.29. The average Bonchev–Trinajstić information content (AvgIpc) is 3.42. The maximum atomic E-state index is 11.8. The maximum absolute atomic E-state index is 11.8. The molecule has 1 saturated heterocycles. The topological polar surface area (TPSA) is 93.3 Å². The van der Waals surface area contributed by atoms with Gasteiger partial charge in [0.25, 0.3) is 0 Å². The van der Waals surface area contributed by atoms with Crippen molar-refractivity contribution in [3.8, 4) is 11.8 Å².